The molecule has 0 saturated carbocycles. The van der Waals surface area contributed by atoms with E-state index in [1.54, 1.807) is 4.90 Å². The third-order valence-corrected chi connectivity index (χ3v) is 4.16. The zero-order valence-corrected chi connectivity index (χ0v) is 14.1. The summed E-state index contributed by atoms with van der Waals surface area (Å²) in [4.78, 5) is 14.6. The number of para-hydroxylation sites is 2. The number of amides is 1. The van der Waals surface area contributed by atoms with Gasteiger partial charge in [0.15, 0.2) is 0 Å². The van der Waals surface area contributed by atoms with Crippen LogP contribution in [-0.4, -0.2) is 6.09 Å². The number of hydrogen-bond donors (Lipinski definition) is 0. The first-order valence-electron chi connectivity index (χ1n) is 8.43. The zero-order valence-electron chi connectivity index (χ0n) is 14.1. The van der Waals surface area contributed by atoms with Crippen LogP contribution in [-0.2, 0) is 0 Å². The van der Waals surface area contributed by atoms with Crippen LogP contribution in [0.2, 0.25) is 0 Å². The van der Waals surface area contributed by atoms with Gasteiger partial charge >= 0.3 is 6.09 Å². The van der Waals surface area contributed by atoms with Crippen molar-refractivity contribution in [2.45, 2.75) is 0 Å². The number of anilines is 2. The summed E-state index contributed by atoms with van der Waals surface area (Å²) >= 11 is 0. The molecule has 0 radical (unpaired) electrons. The molecule has 126 valence electrons. The van der Waals surface area contributed by atoms with Gasteiger partial charge in [0.2, 0.25) is 0 Å². The predicted octanol–water partition coefficient (Wildman–Crippen LogP) is 6.18. The second-order valence-electron chi connectivity index (χ2n) is 5.85. The number of rotatable bonds is 3. The van der Waals surface area contributed by atoms with E-state index >= 15 is 0 Å². The largest absolute Gasteiger partial charge is 0.424 e. The summed E-state index contributed by atoms with van der Waals surface area (Å²) in [6, 6.07) is 32.5. The quantitative estimate of drug-likeness (QED) is 0.446. The Morgan fingerprint density at radius 2 is 1.15 bits per heavy atom. The van der Waals surface area contributed by atoms with Crippen molar-refractivity contribution in [3.8, 4) is 5.75 Å². The van der Waals surface area contributed by atoms with Crippen LogP contribution in [0.3, 0.4) is 0 Å². The molecule has 0 fully saturated rings. The number of fused-ring (bicyclic) bond motifs is 1. The highest BCUT2D eigenvalue weighted by Crippen LogP contribution is 2.29. The van der Waals surface area contributed by atoms with Gasteiger partial charge in [0.1, 0.15) is 5.75 Å². The highest BCUT2D eigenvalue weighted by Gasteiger charge is 2.20. The average Bonchev–Trinajstić information content (AvgIpc) is 2.70. The Morgan fingerprint density at radius 1 is 0.615 bits per heavy atom. The van der Waals surface area contributed by atoms with E-state index in [1.165, 1.54) is 0 Å². The maximum Gasteiger partial charge on any atom is 0.424 e. The third-order valence-electron chi connectivity index (χ3n) is 4.16. The summed E-state index contributed by atoms with van der Waals surface area (Å²) in [5.74, 6) is 0.546. The number of carbonyl (C=O) groups excluding carboxylic acids is 1. The molecule has 26 heavy (non-hydrogen) atoms. The predicted molar refractivity (Wildman–Crippen MR) is 105 cm³/mol. The van der Waals surface area contributed by atoms with Gasteiger partial charge < -0.3 is 4.74 Å². The van der Waals surface area contributed by atoms with E-state index in [9.17, 15) is 4.79 Å². The van der Waals surface area contributed by atoms with Crippen LogP contribution in [0, 0.1) is 0 Å². The monoisotopic (exact) mass is 339 g/mol. The van der Waals surface area contributed by atoms with Crippen LogP contribution in [0.25, 0.3) is 10.8 Å². The lowest BCUT2D eigenvalue weighted by Gasteiger charge is -2.22. The molecule has 4 aromatic carbocycles. The second kappa shape index (κ2) is 7.11. The maximum atomic E-state index is 13.1. The van der Waals surface area contributed by atoms with Gasteiger partial charge in [-0.2, -0.15) is 0 Å². The van der Waals surface area contributed by atoms with E-state index in [0.717, 1.165) is 22.1 Å². The normalized spacial score (nSPS) is 10.5. The molecule has 0 aliphatic heterocycles. The summed E-state index contributed by atoms with van der Waals surface area (Å²) in [6.07, 6.45) is -0.446. The molecular weight excluding hydrogens is 322 g/mol. The molecule has 0 aromatic heterocycles. The van der Waals surface area contributed by atoms with E-state index in [4.69, 9.17) is 4.74 Å². The van der Waals surface area contributed by atoms with Crippen molar-refractivity contribution in [3.63, 3.8) is 0 Å². The van der Waals surface area contributed by atoms with Gasteiger partial charge in [-0.3, -0.25) is 0 Å². The van der Waals surface area contributed by atoms with E-state index < -0.39 is 6.09 Å². The second-order valence-corrected chi connectivity index (χ2v) is 5.85. The lowest BCUT2D eigenvalue weighted by molar-refractivity contribution is 0.211. The number of carbonyl (C=O) groups is 1. The van der Waals surface area contributed by atoms with Crippen molar-refractivity contribution >= 4 is 28.2 Å². The third kappa shape index (κ3) is 3.15. The number of nitrogens with zero attached hydrogens (tertiary/aromatic N) is 1. The first-order chi connectivity index (χ1) is 12.8. The van der Waals surface area contributed by atoms with Gasteiger partial charge in [-0.05, 0) is 35.7 Å². The molecule has 0 heterocycles. The first kappa shape index (κ1) is 15.9. The smallest absolute Gasteiger partial charge is 0.409 e. The van der Waals surface area contributed by atoms with Crippen molar-refractivity contribution in [3.05, 3.63) is 103 Å². The minimum absolute atomic E-state index is 0.446. The molecule has 3 nitrogen and oxygen atoms in total. The summed E-state index contributed by atoms with van der Waals surface area (Å²) < 4.78 is 5.79. The number of benzene rings is 4. The van der Waals surface area contributed by atoms with E-state index in [0.29, 0.717) is 5.75 Å². The summed E-state index contributed by atoms with van der Waals surface area (Å²) in [5, 5.41) is 1.94. The van der Waals surface area contributed by atoms with Gasteiger partial charge in [0.25, 0.3) is 0 Å². The van der Waals surface area contributed by atoms with Crippen LogP contribution in [0.15, 0.2) is 103 Å². The molecule has 0 bridgehead atoms. The Kier molecular flexibility index (Phi) is 4.35. The van der Waals surface area contributed by atoms with Crippen molar-refractivity contribution in [2.24, 2.45) is 0 Å². The molecule has 1 amide bonds. The molecule has 4 aromatic rings. The van der Waals surface area contributed by atoms with Gasteiger partial charge in [0, 0.05) is 5.39 Å². The van der Waals surface area contributed by atoms with Crippen LogP contribution in [0.5, 0.6) is 5.75 Å². The summed E-state index contributed by atoms with van der Waals surface area (Å²) in [5.41, 5.74) is 1.51. The lowest BCUT2D eigenvalue weighted by Crippen LogP contribution is -2.29. The Bertz CT molecular complexity index is 985. The summed E-state index contributed by atoms with van der Waals surface area (Å²) in [7, 11) is 0. The van der Waals surface area contributed by atoms with Crippen molar-refractivity contribution in [2.75, 3.05) is 4.90 Å². The number of ether oxygens (including phenoxy) is 1. The molecule has 0 atom stereocenters. The van der Waals surface area contributed by atoms with Crippen molar-refractivity contribution in [1.82, 2.24) is 0 Å². The van der Waals surface area contributed by atoms with E-state index in [2.05, 4.69) is 0 Å². The summed E-state index contributed by atoms with van der Waals surface area (Å²) in [6.45, 7) is 0. The fourth-order valence-corrected chi connectivity index (χ4v) is 2.94. The van der Waals surface area contributed by atoms with E-state index in [1.807, 2.05) is 103 Å². The Balaban J connectivity index is 1.73. The van der Waals surface area contributed by atoms with Crippen LogP contribution < -0.4 is 9.64 Å². The molecule has 0 aliphatic rings. The SMILES string of the molecule is O=C(Oc1cccc2ccccc12)N(c1ccccc1)c1ccccc1. The van der Waals surface area contributed by atoms with Crippen molar-refractivity contribution < 1.29 is 9.53 Å². The Morgan fingerprint density at radius 3 is 1.81 bits per heavy atom. The molecule has 0 unspecified atom stereocenters. The van der Waals surface area contributed by atoms with Gasteiger partial charge in [-0.1, -0.05) is 72.8 Å². The van der Waals surface area contributed by atoms with Gasteiger partial charge in [-0.25, -0.2) is 9.69 Å². The topological polar surface area (TPSA) is 29.5 Å². The fourth-order valence-electron chi connectivity index (χ4n) is 2.94. The first-order valence-corrected chi connectivity index (χ1v) is 8.43. The zero-order chi connectivity index (χ0) is 17.8. The maximum absolute atomic E-state index is 13.1. The van der Waals surface area contributed by atoms with Crippen LogP contribution >= 0.6 is 0 Å². The van der Waals surface area contributed by atoms with Crippen LogP contribution in [0.4, 0.5) is 16.2 Å². The minimum Gasteiger partial charge on any atom is -0.409 e. The number of hydrogen-bond acceptors (Lipinski definition) is 2. The van der Waals surface area contributed by atoms with Crippen molar-refractivity contribution in [1.29, 1.82) is 0 Å². The van der Waals surface area contributed by atoms with Crippen LogP contribution in [0.1, 0.15) is 0 Å². The van der Waals surface area contributed by atoms with Gasteiger partial charge in [0.05, 0.1) is 11.4 Å². The van der Waals surface area contributed by atoms with Gasteiger partial charge in [-0.15, -0.1) is 0 Å². The Labute approximate surface area is 152 Å². The molecule has 0 N–H and O–H groups in total. The highest BCUT2D eigenvalue weighted by molar-refractivity contribution is 5.99. The molecule has 0 aliphatic carbocycles. The fraction of sp³-hybridized carbons (Fsp3) is 0. The molecular formula is C23H17NO2. The molecule has 3 heteroatoms. The standard InChI is InChI=1S/C23H17NO2/c25-23(26-22-17-9-11-18-10-7-8-16-21(18)22)24(19-12-3-1-4-13-19)20-14-5-2-6-15-20/h1-17H. The Hall–Kier alpha value is -3.59. The molecule has 0 spiro atoms. The lowest BCUT2D eigenvalue weighted by atomic mass is 10.1. The molecule has 0 saturated heterocycles. The molecule has 4 rings (SSSR count). The minimum atomic E-state index is -0.446. The highest BCUT2D eigenvalue weighted by atomic mass is 16.6. The average molecular weight is 339 g/mol. The van der Waals surface area contributed by atoms with E-state index in [-0.39, 0.29) is 0 Å².